The number of methoxy groups -OCH3 is 1. The average molecular weight is 444 g/mol. The number of pyridine rings is 1. The van der Waals surface area contributed by atoms with Crippen LogP contribution in [0.25, 0.3) is 0 Å². The molecule has 1 unspecified atom stereocenters. The van der Waals surface area contributed by atoms with E-state index in [-0.39, 0.29) is 29.8 Å². The maximum absolute atomic E-state index is 13.6. The van der Waals surface area contributed by atoms with E-state index in [1.165, 1.54) is 23.3 Å². The van der Waals surface area contributed by atoms with Crippen LogP contribution in [0.5, 0.6) is 5.75 Å². The molecule has 2 heterocycles. The molecule has 1 aromatic carbocycles. The molecule has 2 fully saturated rings. The number of carbonyl (C=O) groups is 1. The normalized spacial score (nSPS) is 20.0. The van der Waals surface area contributed by atoms with Crippen molar-refractivity contribution in [2.75, 3.05) is 20.2 Å². The summed E-state index contributed by atoms with van der Waals surface area (Å²) < 4.78 is 33.9. The summed E-state index contributed by atoms with van der Waals surface area (Å²) in [4.78, 5) is 19.0. The lowest BCUT2D eigenvalue weighted by Crippen LogP contribution is -2.42. The molecule has 0 N–H and O–H groups in total. The minimum atomic E-state index is -3.81. The summed E-state index contributed by atoms with van der Waals surface area (Å²) in [6, 6.07) is 10.2. The maximum atomic E-state index is 13.6. The fraction of sp³-hybridized carbons (Fsp3) is 0.478. The van der Waals surface area contributed by atoms with Crippen molar-refractivity contribution in [2.45, 2.75) is 49.6 Å². The smallest absolute Gasteiger partial charge is 0.245 e. The number of sulfonamides is 1. The van der Waals surface area contributed by atoms with Gasteiger partial charge < -0.3 is 9.64 Å². The molecule has 1 saturated carbocycles. The molecule has 7 nitrogen and oxygen atoms in total. The SMILES string of the molecule is COc1ccc(CN(C2CCCN(CC3CC3)C(=O)C2)S(=O)(=O)c2cccnc2)cc1. The Morgan fingerprint density at radius 2 is 1.94 bits per heavy atom. The zero-order valence-corrected chi connectivity index (χ0v) is 18.6. The zero-order chi connectivity index (χ0) is 21.8. The van der Waals surface area contributed by atoms with Gasteiger partial charge in [-0.1, -0.05) is 12.1 Å². The highest BCUT2D eigenvalue weighted by Gasteiger charge is 2.36. The van der Waals surface area contributed by atoms with Crippen molar-refractivity contribution in [2.24, 2.45) is 5.92 Å². The minimum absolute atomic E-state index is 0.0514. The van der Waals surface area contributed by atoms with Crippen LogP contribution in [-0.4, -0.2) is 54.8 Å². The third-order valence-corrected chi connectivity index (χ3v) is 7.93. The summed E-state index contributed by atoms with van der Waals surface area (Å²) in [6.45, 7) is 1.70. The van der Waals surface area contributed by atoms with Crippen LogP contribution >= 0.6 is 0 Å². The topological polar surface area (TPSA) is 79.8 Å². The van der Waals surface area contributed by atoms with Gasteiger partial charge in [-0.2, -0.15) is 4.31 Å². The number of likely N-dealkylation sites (tertiary alicyclic amines) is 1. The first-order valence-corrected chi connectivity index (χ1v) is 12.2. The quantitative estimate of drug-likeness (QED) is 0.626. The lowest BCUT2D eigenvalue weighted by Gasteiger charge is -2.30. The number of rotatable bonds is 8. The van der Waals surface area contributed by atoms with Crippen molar-refractivity contribution in [1.29, 1.82) is 0 Å². The van der Waals surface area contributed by atoms with Crippen LogP contribution in [-0.2, 0) is 21.4 Å². The first-order chi connectivity index (χ1) is 15.0. The van der Waals surface area contributed by atoms with Gasteiger partial charge in [-0.05, 0) is 61.4 Å². The molecule has 2 aromatic rings. The number of ether oxygens (including phenoxy) is 1. The van der Waals surface area contributed by atoms with Crippen LogP contribution in [0.1, 0.15) is 37.7 Å². The average Bonchev–Trinajstić information content (AvgIpc) is 3.62. The van der Waals surface area contributed by atoms with E-state index in [4.69, 9.17) is 4.74 Å². The summed E-state index contributed by atoms with van der Waals surface area (Å²) in [7, 11) is -2.22. The molecule has 31 heavy (non-hydrogen) atoms. The number of amides is 1. The Balaban J connectivity index is 1.61. The number of nitrogens with zero attached hydrogens (tertiary/aromatic N) is 3. The molecule has 4 rings (SSSR count). The maximum Gasteiger partial charge on any atom is 0.245 e. The molecule has 1 saturated heterocycles. The van der Waals surface area contributed by atoms with Crippen LogP contribution in [0.15, 0.2) is 53.7 Å². The Morgan fingerprint density at radius 3 is 2.58 bits per heavy atom. The highest BCUT2D eigenvalue weighted by Crippen LogP contribution is 2.32. The van der Waals surface area contributed by atoms with Crippen molar-refractivity contribution >= 4 is 15.9 Å². The molecular formula is C23H29N3O4S. The Morgan fingerprint density at radius 1 is 1.16 bits per heavy atom. The van der Waals surface area contributed by atoms with E-state index >= 15 is 0 Å². The largest absolute Gasteiger partial charge is 0.497 e. The molecule has 1 aromatic heterocycles. The van der Waals surface area contributed by atoms with Crippen LogP contribution in [0.3, 0.4) is 0 Å². The van der Waals surface area contributed by atoms with Gasteiger partial charge in [0.25, 0.3) is 0 Å². The van der Waals surface area contributed by atoms with Crippen molar-refractivity contribution in [3.05, 3.63) is 54.4 Å². The van der Waals surface area contributed by atoms with Crippen molar-refractivity contribution in [3.8, 4) is 5.75 Å². The number of aromatic nitrogens is 1. The van der Waals surface area contributed by atoms with E-state index < -0.39 is 10.0 Å². The zero-order valence-electron chi connectivity index (χ0n) is 17.8. The van der Waals surface area contributed by atoms with Gasteiger partial charge >= 0.3 is 0 Å². The number of hydrogen-bond donors (Lipinski definition) is 0. The first-order valence-electron chi connectivity index (χ1n) is 10.8. The highest BCUT2D eigenvalue weighted by molar-refractivity contribution is 7.89. The molecule has 0 radical (unpaired) electrons. The summed E-state index contributed by atoms with van der Waals surface area (Å²) in [5, 5.41) is 0. The molecular weight excluding hydrogens is 414 g/mol. The van der Waals surface area contributed by atoms with Crippen molar-refractivity contribution in [1.82, 2.24) is 14.2 Å². The lowest BCUT2D eigenvalue weighted by atomic mass is 10.1. The van der Waals surface area contributed by atoms with Crippen LogP contribution in [0.4, 0.5) is 0 Å². The van der Waals surface area contributed by atoms with Crippen LogP contribution < -0.4 is 4.74 Å². The van der Waals surface area contributed by atoms with Gasteiger partial charge in [0, 0.05) is 44.5 Å². The summed E-state index contributed by atoms with van der Waals surface area (Å²) in [5.41, 5.74) is 0.847. The molecule has 1 aliphatic heterocycles. The Bertz CT molecular complexity index is 991. The monoisotopic (exact) mass is 443 g/mol. The Labute approximate surface area is 184 Å². The second-order valence-corrected chi connectivity index (χ2v) is 10.3. The second kappa shape index (κ2) is 9.36. The van der Waals surface area contributed by atoms with E-state index in [9.17, 15) is 13.2 Å². The Kier molecular flexibility index (Phi) is 6.57. The van der Waals surface area contributed by atoms with Crippen molar-refractivity contribution < 1.29 is 17.9 Å². The number of carbonyl (C=O) groups excluding carboxylic acids is 1. The van der Waals surface area contributed by atoms with E-state index in [1.54, 1.807) is 25.4 Å². The predicted molar refractivity (Wildman–Crippen MR) is 117 cm³/mol. The van der Waals surface area contributed by atoms with E-state index in [2.05, 4.69) is 4.98 Å². The molecule has 8 heteroatoms. The summed E-state index contributed by atoms with van der Waals surface area (Å²) in [6.07, 6.45) is 6.96. The standard InChI is InChI=1S/C23H29N3O4S/c1-30-21-10-8-19(9-11-21)17-26(31(28,29)22-5-2-12-24-15-22)20-4-3-13-25(23(27)14-20)16-18-6-7-18/h2,5,8-12,15,18,20H,3-4,6-7,13-14,16-17H2,1H3. The summed E-state index contributed by atoms with van der Waals surface area (Å²) in [5.74, 6) is 1.39. The van der Waals surface area contributed by atoms with Gasteiger partial charge in [0.05, 0.1) is 7.11 Å². The number of hydrogen-bond acceptors (Lipinski definition) is 5. The second-order valence-electron chi connectivity index (χ2n) is 8.37. The predicted octanol–water partition coefficient (Wildman–Crippen LogP) is 3.07. The fourth-order valence-electron chi connectivity index (χ4n) is 4.08. The Hall–Kier alpha value is -2.45. The van der Waals surface area contributed by atoms with E-state index in [1.807, 2.05) is 29.2 Å². The lowest BCUT2D eigenvalue weighted by molar-refractivity contribution is -0.131. The van der Waals surface area contributed by atoms with Crippen LogP contribution in [0.2, 0.25) is 0 Å². The summed E-state index contributed by atoms with van der Waals surface area (Å²) >= 11 is 0. The first kappa shape index (κ1) is 21.8. The van der Waals surface area contributed by atoms with Gasteiger partial charge in [-0.25, -0.2) is 8.42 Å². The van der Waals surface area contributed by atoms with E-state index in [0.717, 1.165) is 18.5 Å². The van der Waals surface area contributed by atoms with Crippen molar-refractivity contribution in [3.63, 3.8) is 0 Å². The number of benzene rings is 1. The molecule has 0 spiro atoms. The van der Waals surface area contributed by atoms with Crippen LogP contribution in [0, 0.1) is 5.92 Å². The molecule has 0 bridgehead atoms. The minimum Gasteiger partial charge on any atom is -0.497 e. The fourth-order valence-corrected chi connectivity index (χ4v) is 5.69. The van der Waals surface area contributed by atoms with E-state index in [0.29, 0.717) is 24.6 Å². The third-order valence-electron chi connectivity index (χ3n) is 6.05. The molecule has 166 valence electrons. The molecule has 1 atom stereocenters. The molecule has 1 aliphatic carbocycles. The van der Waals surface area contributed by atoms with Gasteiger partial charge in [0.15, 0.2) is 0 Å². The third kappa shape index (κ3) is 5.25. The highest BCUT2D eigenvalue weighted by atomic mass is 32.2. The van der Waals surface area contributed by atoms with Gasteiger partial charge in [0.1, 0.15) is 10.6 Å². The van der Waals surface area contributed by atoms with Gasteiger partial charge in [-0.3, -0.25) is 9.78 Å². The molecule has 2 aliphatic rings. The van der Waals surface area contributed by atoms with Gasteiger partial charge in [-0.15, -0.1) is 0 Å². The van der Waals surface area contributed by atoms with Gasteiger partial charge in [0.2, 0.25) is 15.9 Å². The molecule has 1 amide bonds.